The Morgan fingerprint density at radius 3 is 2.29 bits per heavy atom. The van der Waals surface area contributed by atoms with Gasteiger partial charge in [-0.05, 0) is 39.2 Å². The number of benzene rings is 1. The number of rotatable bonds is 9. The van der Waals surface area contributed by atoms with Crippen LogP contribution in [0.15, 0.2) is 30.3 Å². The van der Waals surface area contributed by atoms with E-state index in [-0.39, 0.29) is 0 Å². The van der Waals surface area contributed by atoms with Crippen LogP contribution in [0.4, 0.5) is 0 Å². The van der Waals surface area contributed by atoms with E-state index in [2.05, 4.69) is 5.32 Å². The molecule has 0 saturated heterocycles. The Labute approximate surface area is 144 Å². The van der Waals surface area contributed by atoms with Crippen molar-refractivity contribution in [1.29, 1.82) is 0 Å². The first-order chi connectivity index (χ1) is 11.2. The largest absolute Gasteiger partial charge is 0.480 e. The van der Waals surface area contributed by atoms with Crippen molar-refractivity contribution < 1.29 is 19.4 Å². The highest BCUT2D eigenvalue weighted by Gasteiger charge is 2.29. The van der Waals surface area contributed by atoms with Gasteiger partial charge in [-0.2, -0.15) is 0 Å². The first kappa shape index (κ1) is 20.2. The smallest absolute Gasteiger partial charge is 0.324 e. The van der Waals surface area contributed by atoms with Gasteiger partial charge in [-0.15, -0.1) is 0 Å². The standard InChI is InChI=1S/C19H29NO4/c1-5-6-12-15(17(21)22)20-16(18(23)24-19(2,3)4)13-14-10-8-7-9-11-14/h7-11,15-16,20H,5-6,12-13H2,1-4H3,(H,21,22)/t15-,16?/m0/s1. The predicted octanol–water partition coefficient (Wildman–Crippen LogP) is 3.17. The van der Waals surface area contributed by atoms with E-state index in [0.29, 0.717) is 12.8 Å². The van der Waals surface area contributed by atoms with Crippen LogP contribution in [0, 0.1) is 0 Å². The molecule has 1 aromatic rings. The van der Waals surface area contributed by atoms with Gasteiger partial charge in [0.25, 0.3) is 0 Å². The van der Waals surface area contributed by atoms with Gasteiger partial charge in [-0.25, -0.2) is 0 Å². The summed E-state index contributed by atoms with van der Waals surface area (Å²) in [6.45, 7) is 7.41. The summed E-state index contributed by atoms with van der Waals surface area (Å²) in [4.78, 5) is 24.0. The number of nitrogens with one attached hydrogen (secondary N) is 1. The molecule has 0 aromatic heterocycles. The van der Waals surface area contributed by atoms with Crippen LogP contribution in [0.2, 0.25) is 0 Å². The molecule has 0 aliphatic rings. The quantitative estimate of drug-likeness (QED) is 0.678. The highest BCUT2D eigenvalue weighted by molar-refractivity contribution is 5.79. The van der Waals surface area contributed by atoms with Crippen molar-refractivity contribution in [3.05, 3.63) is 35.9 Å². The zero-order valence-electron chi connectivity index (χ0n) is 15.0. The molecule has 1 unspecified atom stereocenters. The lowest BCUT2D eigenvalue weighted by atomic mass is 10.0. The second-order valence-electron chi connectivity index (χ2n) is 6.98. The average molecular weight is 335 g/mol. The van der Waals surface area contributed by atoms with E-state index < -0.39 is 29.6 Å². The first-order valence-corrected chi connectivity index (χ1v) is 8.48. The summed E-state index contributed by atoms with van der Waals surface area (Å²) in [6, 6.07) is 8.08. The monoisotopic (exact) mass is 335 g/mol. The Morgan fingerprint density at radius 2 is 1.79 bits per heavy atom. The van der Waals surface area contributed by atoms with Gasteiger partial charge < -0.3 is 9.84 Å². The number of unbranched alkanes of at least 4 members (excludes halogenated alkanes) is 1. The van der Waals surface area contributed by atoms with Gasteiger partial charge in [0.1, 0.15) is 17.7 Å². The van der Waals surface area contributed by atoms with Gasteiger partial charge in [-0.1, -0.05) is 50.1 Å². The summed E-state index contributed by atoms with van der Waals surface area (Å²) in [6.07, 6.45) is 2.57. The van der Waals surface area contributed by atoms with Crippen molar-refractivity contribution in [3.8, 4) is 0 Å². The topological polar surface area (TPSA) is 75.6 Å². The molecule has 5 nitrogen and oxygen atoms in total. The van der Waals surface area contributed by atoms with Crippen LogP contribution < -0.4 is 5.32 Å². The lowest BCUT2D eigenvalue weighted by Gasteiger charge is -2.27. The summed E-state index contributed by atoms with van der Waals surface area (Å²) < 4.78 is 5.46. The Balaban J connectivity index is 2.90. The van der Waals surface area contributed by atoms with E-state index in [0.717, 1.165) is 18.4 Å². The Morgan fingerprint density at radius 1 is 1.17 bits per heavy atom. The first-order valence-electron chi connectivity index (χ1n) is 8.48. The zero-order chi connectivity index (χ0) is 18.2. The van der Waals surface area contributed by atoms with Crippen LogP contribution in [-0.4, -0.2) is 34.7 Å². The SMILES string of the molecule is CCCC[C@H](NC(Cc1ccccc1)C(=O)OC(C)(C)C)C(=O)O. The fourth-order valence-corrected chi connectivity index (χ4v) is 2.36. The van der Waals surface area contributed by atoms with E-state index in [9.17, 15) is 14.7 Å². The number of carboxylic acid groups (broad SMARTS) is 1. The van der Waals surface area contributed by atoms with Gasteiger partial charge in [0.05, 0.1) is 0 Å². The molecule has 134 valence electrons. The maximum Gasteiger partial charge on any atom is 0.324 e. The van der Waals surface area contributed by atoms with Crippen LogP contribution in [0.1, 0.15) is 52.5 Å². The molecule has 0 spiro atoms. The molecule has 0 aliphatic heterocycles. The van der Waals surface area contributed by atoms with Gasteiger partial charge in [-0.3, -0.25) is 14.9 Å². The van der Waals surface area contributed by atoms with Gasteiger partial charge >= 0.3 is 11.9 Å². The highest BCUT2D eigenvalue weighted by atomic mass is 16.6. The summed E-state index contributed by atoms with van der Waals surface area (Å²) in [7, 11) is 0. The minimum Gasteiger partial charge on any atom is -0.480 e. The molecule has 1 aromatic carbocycles. The van der Waals surface area contributed by atoms with Gasteiger partial charge in [0.15, 0.2) is 0 Å². The van der Waals surface area contributed by atoms with E-state index >= 15 is 0 Å². The van der Waals surface area contributed by atoms with Crippen molar-refractivity contribution in [3.63, 3.8) is 0 Å². The number of carbonyl (C=O) groups excluding carboxylic acids is 1. The molecule has 0 aliphatic carbocycles. The van der Waals surface area contributed by atoms with Crippen LogP contribution in [0.3, 0.4) is 0 Å². The van der Waals surface area contributed by atoms with Gasteiger partial charge in [0.2, 0.25) is 0 Å². The van der Waals surface area contributed by atoms with Crippen molar-refractivity contribution in [2.45, 2.75) is 71.1 Å². The van der Waals surface area contributed by atoms with Crippen LogP contribution >= 0.6 is 0 Å². The van der Waals surface area contributed by atoms with Crippen molar-refractivity contribution in [2.24, 2.45) is 0 Å². The number of hydrogen-bond acceptors (Lipinski definition) is 4. The maximum absolute atomic E-state index is 12.5. The molecule has 5 heteroatoms. The van der Waals surface area contributed by atoms with E-state index in [1.54, 1.807) is 20.8 Å². The molecule has 2 atom stereocenters. The minimum atomic E-state index is -0.940. The van der Waals surface area contributed by atoms with E-state index in [1.807, 2.05) is 37.3 Å². The molecule has 0 radical (unpaired) electrons. The number of aliphatic carboxylic acids is 1. The molecule has 24 heavy (non-hydrogen) atoms. The average Bonchev–Trinajstić information content (AvgIpc) is 2.49. The number of carbonyl (C=O) groups is 2. The second-order valence-corrected chi connectivity index (χ2v) is 6.98. The van der Waals surface area contributed by atoms with Crippen LogP contribution in [-0.2, 0) is 20.7 Å². The van der Waals surface area contributed by atoms with E-state index in [4.69, 9.17) is 4.74 Å². The van der Waals surface area contributed by atoms with Crippen molar-refractivity contribution in [1.82, 2.24) is 5.32 Å². The third-order valence-corrected chi connectivity index (χ3v) is 3.52. The van der Waals surface area contributed by atoms with Crippen molar-refractivity contribution in [2.75, 3.05) is 0 Å². The molecule has 0 amide bonds. The number of hydrogen-bond donors (Lipinski definition) is 2. The fourth-order valence-electron chi connectivity index (χ4n) is 2.36. The Hall–Kier alpha value is -1.88. The number of carboxylic acids is 1. The summed E-state index contributed by atoms with van der Waals surface area (Å²) >= 11 is 0. The number of esters is 1. The summed E-state index contributed by atoms with van der Waals surface area (Å²) in [5.41, 5.74) is 0.344. The molecule has 2 N–H and O–H groups in total. The fraction of sp³-hybridized carbons (Fsp3) is 0.579. The highest BCUT2D eigenvalue weighted by Crippen LogP contribution is 2.13. The minimum absolute atomic E-state index is 0.395. The van der Waals surface area contributed by atoms with E-state index in [1.165, 1.54) is 0 Å². The molecule has 1 rings (SSSR count). The molecular formula is C19H29NO4. The molecule has 0 saturated carbocycles. The van der Waals surface area contributed by atoms with Crippen LogP contribution in [0.5, 0.6) is 0 Å². The Kier molecular flexibility index (Phi) is 7.92. The third kappa shape index (κ3) is 7.59. The Bertz CT molecular complexity index is 522. The lowest BCUT2D eigenvalue weighted by Crippen LogP contribution is -2.50. The maximum atomic E-state index is 12.5. The zero-order valence-corrected chi connectivity index (χ0v) is 15.0. The summed E-state index contributed by atoms with van der Waals surface area (Å²) in [5.74, 6) is -1.36. The van der Waals surface area contributed by atoms with Gasteiger partial charge in [0, 0.05) is 0 Å². The molecular weight excluding hydrogens is 306 g/mol. The van der Waals surface area contributed by atoms with Crippen LogP contribution in [0.25, 0.3) is 0 Å². The number of ether oxygens (including phenoxy) is 1. The van der Waals surface area contributed by atoms with Crippen molar-refractivity contribution >= 4 is 11.9 Å². The summed E-state index contributed by atoms with van der Waals surface area (Å²) in [5, 5.41) is 12.4. The predicted molar refractivity (Wildman–Crippen MR) is 93.9 cm³/mol. The third-order valence-electron chi connectivity index (χ3n) is 3.52. The molecule has 0 fully saturated rings. The normalized spacial score (nSPS) is 14.0. The molecule has 0 heterocycles. The lowest BCUT2D eigenvalue weighted by molar-refractivity contribution is -0.158. The molecule has 0 bridgehead atoms. The second kappa shape index (κ2) is 9.42.